The van der Waals surface area contributed by atoms with Gasteiger partial charge >= 0.3 is 5.97 Å². The summed E-state index contributed by atoms with van der Waals surface area (Å²) in [6.07, 6.45) is 2.09. The van der Waals surface area contributed by atoms with Crippen molar-refractivity contribution >= 4 is 23.6 Å². The number of rotatable bonds is 8. The Balaban J connectivity index is 3.89. The van der Waals surface area contributed by atoms with Crippen LogP contribution in [0.4, 0.5) is 0 Å². The van der Waals surface area contributed by atoms with Gasteiger partial charge in [-0.3, -0.25) is 9.59 Å². The van der Waals surface area contributed by atoms with Crippen LogP contribution in [0.3, 0.4) is 0 Å². The van der Waals surface area contributed by atoms with E-state index in [-0.39, 0.29) is 42.6 Å². The van der Waals surface area contributed by atoms with E-state index in [1.54, 1.807) is 6.92 Å². The first-order valence-electron chi connectivity index (χ1n) is 5.63. The van der Waals surface area contributed by atoms with Gasteiger partial charge in [0.05, 0.1) is 19.6 Å². The molecule has 100 valence electrons. The highest BCUT2D eigenvalue weighted by molar-refractivity contribution is 7.99. The van der Waals surface area contributed by atoms with Crippen LogP contribution in [0.25, 0.3) is 0 Å². The lowest BCUT2D eigenvalue weighted by molar-refractivity contribution is -0.144. The van der Waals surface area contributed by atoms with Gasteiger partial charge in [0, 0.05) is 17.7 Å². The summed E-state index contributed by atoms with van der Waals surface area (Å²) < 4.78 is 4.72. The maximum absolute atomic E-state index is 11.5. The number of aliphatic hydroxyl groups excluding tert-OH is 1. The van der Waals surface area contributed by atoms with Gasteiger partial charge < -0.3 is 15.2 Å². The van der Waals surface area contributed by atoms with Crippen molar-refractivity contribution in [1.29, 1.82) is 0 Å². The van der Waals surface area contributed by atoms with Crippen LogP contribution in [0.5, 0.6) is 0 Å². The van der Waals surface area contributed by atoms with Gasteiger partial charge in [0.25, 0.3) is 0 Å². The number of carbonyl (C=O) groups is 2. The molecule has 0 aliphatic heterocycles. The van der Waals surface area contributed by atoms with Crippen LogP contribution in [0, 0.1) is 0 Å². The molecule has 6 heteroatoms. The molecule has 0 bridgehead atoms. The fourth-order valence-electron chi connectivity index (χ4n) is 1.30. The molecule has 0 aromatic rings. The Morgan fingerprint density at radius 1 is 1.41 bits per heavy atom. The van der Waals surface area contributed by atoms with Crippen molar-refractivity contribution in [2.24, 2.45) is 0 Å². The third-order valence-corrected chi connectivity index (χ3v) is 3.45. The molecule has 0 fully saturated rings. The Morgan fingerprint density at radius 3 is 2.53 bits per heavy atom. The van der Waals surface area contributed by atoms with E-state index in [4.69, 9.17) is 9.84 Å². The molecule has 0 aromatic carbocycles. The lowest BCUT2D eigenvalue weighted by Crippen LogP contribution is -2.41. The highest BCUT2D eigenvalue weighted by Gasteiger charge is 2.17. The quantitative estimate of drug-likeness (QED) is 0.626. The van der Waals surface area contributed by atoms with Crippen molar-refractivity contribution < 1.29 is 19.4 Å². The maximum Gasteiger partial charge on any atom is 0.306 e. The van der Waals surface area contributed by atoms with Crippen LogP contribution < -0.4 is 5.32 Å². The van der Waals surface area contributed by atoms with Crippen molar-refractivity contribution in [3.05, 3.63) is 0 Å². The zero-order chi connectivity index (χ0) is 13.3. The lowest BCUT2D eigenvalue weighted by atomic mass is 10.2. The van der Waals surface area contributed by atoms with E-state index >= 15 is 0 Å². The van der Waals surface area contributed by atoms with Gasteiger partial charge in [-0.25, -0.2) is 0 Å². The van der Waals surface area contributed by atoms with E-state index in [2.05, 4.69) is 5.32 Å². The summed E-state index contributed by atoms with van der Waals surface area (Å²) in [6, 6.07) is -0.121. The second-order valence-corrected chi connectivity index (χ2v) is 4.69. The average Bonchev–Trinajstić information content (AvgIpc) is 2.28. The molecular formula is C11H21NO4S. The minimum atomic E-state index is -0.362. The van der Waals surface area contributed by atoms with E-state index < -0.39 is 0 Å². The van der Waals surface area contributed by atoms with Crippen molar-refractivity contribution in [3.8, 4) is 0 Å². The highest BCUT2D eigenvalue weighted by atomic mass is 32.2. The number of aliphatic hydroxyl groups is 1. The van der Waals surface area contributed by atoms with Gasteiger partial charge in [0.1, 0.15) is 0 Å². The third kappa shape index (κ3) is 7.23. The molecule has 0 rings (SSSR count). The molecule has 0 saturated heterocycles. The van der Waals surface area contributed by atoms with Crippen LogP contribution in [0.2, 0.25) is 0 Å². The number of esters is 1. The summed E-state index contributed by atoms with van der Waals surface area (Å²) >= 11 is 1.50. The molecule has 2 atom stereocenters. The van der Waals surface area contributed by atoms with Crippen LogP contribution in [0.1, 0.15) is 26.7 Å². The van der Waals surface area contributed by atoms with Gasteiger partial charge in [-0.1, -0.05) is 0 Å². The van der Waals surface area contributed by atoms with Crippen LogP contribution in [-0.2, 0) is 14.3 Å². The standard InChI is InChI=1S/C11H21NO4S/c1-4-16-11(15)6-5-10(14)12-8(2)9(7-13)17-3/h8-9,13H,4-7H2,1-3H3,(H,12,14). The molecule has 1 amide bonds. The van der Waals surface area contributed by atoms with Gasteiger partial charge in [0.15, 0.2) is 0 Å². The summed E-state index contributed by atoms with van der Waals surface area (Å²) in [5, 5.41) is 11.8. The number of carbonyl (C=O) groups excluding carboxylic acids is 2. The Hall–Kier alpha value is -0.750. The largest absolute Gasteiger partial charge is 0.466 e. The number of ether oxygens (including phenoxy) is 1. The molecule has 0 radical (unpaired) electrons. The highest BCUT2D eigenvalue weighted by Crippen LogP contribution is 2.10. The molecular weight excluding hydrogens is 242 g/mol. The molecule has 5 nitrogen and oxygen atoms in total. The van der Waals surface area contributed by atoms with Crippen molar-refractivity contribution in [2.45, 2.75) is 38.0 Å². The van der Waals surface area contributed by atoms with Crippen LogP contribution in [-0.4, -0.2) is 47.7 Å². The number of nitrogens with one attached hydrogen (secondary N) is 1. The summed E-state index contributed by atoms with van der Waals surface area (Å²) in [5.41, 5.74) is 0. The molecule has 0 aliphatic rings. The predicted octanol–water partition coefficient (Wildman–Crippen LogP) is 0.558. The normalized spacial score (nSPS) is 13.9. The smallest absolute Gasteiger partial charge is 0.306 e. The molecule has 0 aromatic heterocycles. The Kier molecular flexibility index (Phi) is 8.89. The fraction of sp³-hybridized carbons (Fsp3) is 0.818. The van der Waals surface area contributed by atoms with Crippen molar-refractivity contribution in [2.75, 3.05) is 19.5 Å². The molecule has 17 heavy (non-hydrogen) atoms. The lowest BCUT2D eigenvalue weighted by Gasteiger charge is -2.21. The van der Waals surface area contributed by atoms with Crippen LogP contribution >= 0.6 is 11.8 Å². The minimum Gasteiger partial charge on any atom is -0.466 e. The van der Waals surface area contributed by atoms with E-state index in [1.807, 2.05) is 13.2 Å². The second-order valence-electron chi connectivity index (χ2n) is 3.62. The molecule has 2 unspecified atom stereocenters. The minimum absolute atomic E-state index is 0.0144. The number of thioether (sulfide) groups is 1. The zero-order valence-corrected chi connectivity index (χ0v) is 11.4. The number of hydrogen-bond acceptors (Lipinski definition) is 5. The second kappa shape index (κ2) is 9.30. The van der Waals surface area contributed by atoms with E-state index in [9.17, 15) is 9.59 Å². The van der Waals surface area contributed by atoms with Crippen molar-refractivity contribution in [3.63, 3.8) is 0 Å². The maximum atomic E-state index is 11.5. The molecule has 0 heterocycles. The van der Waals surface area contributed by atoms with Gasteiger partial charge in [-0.15, -0.1) is 0 Å². The average molecular weight is 263 g/mol. The fourth-order valence-corrected chi connectivity index (χ4v) is 1.93. The van der Waals surface area contributed by atoms with Gasteiger partial charge in [-0.2, -0.15) is 11.8 Å². The monoisotopic (exact) mass is 263 g/mol. The SMILES string of the molecule is CCOC(=O)CCC(=O)NC(C)C(CO)SC. The van der Waals surface area contributed by atoms with E-state index in [0.717, 1.165) is 0 Å². The summed E-state index contributed by atoms with van der Waals surface area (Å²) in [7, 11) is 0. The summed E-state index contributed by atoms with van der Waals surface area (Å²) in [4.78, 5) is 22.5. The Bertz CT molecular complexity index is 244. The molecule has 0 spiro atoms. The molecule has 0 aliphatic carbocycles. The van der Waals surface area contributed by atoms with Crippen molar-refractivity contribution in [1.82, 2.24) is 5.32 Å². The number of hydrogen-bond donors (Lipinski definition) is 2. The third-order valence-electron chi connectivity index (χ3n) is 2.29. The predicted molar refractivity (Wildman–Crippen MR) is 67.9 cm³/mol. The summed E-state index contributed by atoms with van der Waals surface area (Å²) in [6.45, 7) is 3.90. The van der Waals surface area contributed by atoms with Gasteiger partial charge in [0.2, 0.25) is 5.91 Å². The number of amides is 1. The first-order chi connectivity index (χ1) is 8.04. The van der Waals surface area contributed by atoms with E-state index in [1.165, 1.54) is 11.8 Å². The zero-order valence-electron chi connectivity index (χ0n) is 10.6. The van der Waals surface area contributed by atoms with Crippen LogP contribution in [0.15, 0.2) is 0 Å². The molecule has 2 N–H and O–H groups in total. The first-order valence-corrected chi connectivity index (χ1v) is 6.92. The summed E-state index contributed by atoms with van der Waals surface area (Å²) in [5.74, 6) is -0.558. The Morgan fingerprint density at radius 2 is 2.06 bits per heavy atom. The molecule has 0 saturated carbocycles. The topological polar surface area (TPSA) is 75.6 Å². The van der Waals surface area contributed by atoms with E-state index in [0.29, 0.717) is 6.61 Å². The first kappa shape index (κ1) is 16.2. The Labute approximate surface area is 106 Å². The van der Waals surface area contributed by atoms with Gasteiger partial charge in [-0.05, 0) is 20.1 Å².